The highest BCUT2D eigenvalue weighted by Crippen LogP contribution is 2.43. The second-order valence-corrected chi connectivity index (χ2v) is 7.16. The highest BCUT2D eigenvalue weighted by Gasteiger charge is 2.49. The van der Waals surface area contributed by atoms with E-state index in [9.17, 15) is 4.79 Å². The van der Waals surface area contributed by atoms with Crippen molar-refractivity contribution in [2.45, 2.75) is 39.0 Å². The van der Waals surface area contributed by atoms with Gasteiger partial charge in [-0.3, -0.25) is 4.79 Å². The second kappa shape index (κ2) is 5.82. The number of nitrogens with zero attached hydrogens (tertiary/aromatic N) is 1. The number of fused-ring (bicyclic) bond motifs is 1. The van der Waals surface area contributed by atoms with Crippen molar-refractivity contribution < 1.29 is 4.79 Å². The molecule has 0 spiro atoms. The molecule has 110 valence electrons. The number of nitrogens with one attached hydrogen (secondary N) is 2. The van der Waals surface area contributed by atoms with Gasteiger partial charge in [0.15, 0.2) is 0 Å². The fourth-order valence-electron chi connectivity index (χ4n) is 3.69. The number of hydrogen-bond donors (Lipinski definition) is 2. The third-order valence-corrected chi connectivity index (χ3v) is 5.65. The number of aromatic nitrogens is 1. The molecule has 2 N–H and O–H groups in total. The lowest BCUT2D eigenvalue weighted by Crippen LogP contribution is -2.48. The molecule has 0 aromatic carbocycles. The summed E-state index contributed by atoms with van der Waals surface area (Å²) in [6, 6.07) is 0. The van der Waals surface area contributed by atoms with Crippen LogP contribution in [-0.4, -0.2) is 30.5 Å². The minimum atomic E-state index is -0.129. The molecule has 20 heavy (non-hydrogen) atoms. The third kappa shape index (κ3) is 2.61. The molecule has 3 rings (SSSR count). The van der Waals surface area contributed by atoms with E-state index in [-0.39, 0.29) is 11.3 Å². The summed E-state index contributed by atoms with van der Waals surface area (Å²) in [6.07, 6.45) is 5.55. The molecule has 0 bridgehead atoms. The van der Waals surface area contributed by atoms with Gasteiger partial charge >= 0.3 is 0 Å². The van der Waals surface area contributed by atoms with Gasteiger partial charge < -0.3 is 10.6 Å². The number of aryl methyl sites for hydroxylation is 1. The molecular weight excluding hydrogens is 270 g/mol. The van der Waals surface area contributed by atoms with Crippen molar-refractivity contribution in [3.63, 3.8) is 0 Å². The lowest BCUT2D eigenvalue weighted by atomic mass is 9.67. The number of hydrogen-bond acceptors (Lipinski definition) is 4. The van der Waals surface area contributed by atoms with Crippen molar-refractivity contribution in [2.24, 2.45) is 11.3 Å². The lowest BCUT2D eigenvalue weighted by Gasteiger charge is -2.37. The van der Waals surface area contributed by atoms with Gasteiger partial charge in [0.1, 0.15) is 0 Å². The van der Waals surface area contributed by atoms with Crippen molar-refractivity contribution >= 4 is 17.2 Å². The number of thiazole rings is 1. The van der Waals surface area contributed by atoms with Crippen molar-refractivity contribution in [3.8, 4) is 0 Å². The van der Waals surface area contributed by atoms with Crippen LogP contribution in [0, 0.1) is 18.3 Å². The van der Waals surface area contributed by atoms with E-state index in [1.54, 1.807) is 11.3 Å². The fourth-order valence-corrected chi connectivity index (χ4v) is 4.34. The standard InChI is InChI=1S/C15H23N3OS/c1-11-18-13(9-20-11)5-7-17-14(19)15-6-3-2-4-12(15)8-16-10-15/h9,12,16H,2-8,10H2,1H3,(H,17,19)/t12-,15+/m0/s1. The second-order valence-electron chi connectivity index (χ2n) is 6.09. The molecule has 4 nitrogen and oxygen atoms in total. The summed E-state index contributed by atoms with van der Waals surface area (Å²) in [6.45, 7) is 4.59. The van der Waals surface area contributed by atoms with Crippen LogP contribution in [0.2, 0.25) is 0 Å². The Morgan fingerprint density at radius 1 is 1.60 bits per heavy atom. The summed E-state index contributed by atoms with van der Waals surface area (Å²) in [5.74, 6) is 0.803. The van der Waals surface area contributed by atoms with Crippen LogP contribution in [0.4, 0.5) is 0 Å². The molecule has 1 aromatic rings. The van der Waals surface area contributed by atoms with E-state index in [0.717, 1.165) is 36.6 Å². The Morgan fingerprint density at radius 3 is 3.30 bits per heavy atom. The first-order valence-corrected chi connectivity index (χ1v) is 8.49. The zero-order valence-electron chi connectivity index (χ0n) is 12.1. The van der Waals surface area contributed by atoms with Gasteiger partial charge in [-0.1, -0.05) is 12.8 Å². The molecule has 2 heterocycles. The maximum Gasteiger partial charge on any atom is 0.227 e. The first-order valence-electron chi connectivity index (χ1n) is 7.61. The lowest BCUT2D eigenvalue weighted by molar-refractivity contribution is -0.133. The fraction of sp³-hybridized carbons (Fsp3) is 0.733. The summed E-state index contributed by atoms with van der Waals surface area (Å²) < 4.78 is 0. The first-order chi connectivity index (χ1) is 9.71. The SMILES string of the molecule is Cc1nc(CCNC(=O)[C@@]23CCCC[C@H]2CNC3)cs1. The summed E-state index contributed by atoms with van der Waals surface area (Å²) in [7, 11) is 0. The molecule has 2 fully saturated rings. The predicted molar refractivity (Wildman–Crippen MR) is 80.8 cm³/mol. The van der Waals surface area contributed by atoms with E-state index in [4.69, 9.17) is 0 Å². The molecule has 5 heteroatoms. The molecule has 1 saturated carbocycles. The van der Waals surface area contributed by atoms with Gasteiger partial charge in [-0.15, -0.1) is 11.3 Å². The largest absolute Gasteiger partial charge is 0.355 e. The minimum absolute atomic E-state index is 0.129. The Kier molecular flexibility index (Phi) is 4.08. The van der Waals surface area contributed by atoms with E-state index < -0.39 is 0 Å². The number of carbonyl (C=O) groups is 1. The summed E-state index contributed by atoms with van der Waals surface area (Å²) in [5.41, 5.74) is 0.964. The quantitative estimate of drug-likeness (QED) is 0.891. The minimum Gasteiger partial charge on any atom is -0.355 e. The Hall–Kier alpha value is -0.940. The predicted octanol–water partition coefficient (Wildman–Crippen LogP) is 1.89. The van der Waals surface area contributed by atoms with Crippen LogP contribution in [0.15, 0.2) is 5.38 Å². The van der Waals surface area contributed by atoms with E-state index in [0.29, 0.717) is 12.5 Å². The van der Waals surface area contributed by atoms with Gasteiger partial charge in [-0.25, -0.2) is 4.98 Å². The molecule has 1 amide bonds. The van der Waals surface area contributed by atoms with Crippen LogP contribution in [0.5, 0.6) is 0 Å². The summed E-state index contributed by atoms with van der Waals surface area (Å²) >= 11 is 1.67. The third-order valence-electron chi connectivity index (χ3n) is 4.82. The van der Waals surface area contributed by atoms with E-state index in [1.807, 2.05) is 6.92 Å². The number of rotatable bonds is 4. The molecule has 0 radical (unpaired) electrons. The highest BCUT2D eigenvalue weighted by molar-refractivity contribution is 7.09. The van der Waals surface area contributed by atoms with Gasteiger partial charge in [-0.05, 0) is 32.2 Å². The molecule has 1 saturated heterocycles. The van der Waals surface area contributed by atoms with E-state index in [1.165, 1.54) is 19.3 Å². The topological polar surface area (TPSA) is 54.0 Å². The maximum atomic E-state index is 12.6. The summed E-state index contributed by atoms with van der Waals surface area (Å²) in [5, 5.41) is 9.76. The Bertz CT molecular complexity index is 487. The Morgan fingerprint density at radius 2 is 2.50 bits per heavy atom. The zero-order chi connectivity index (χ0) is 14.0. The van der Waals surface area contributed by atoms with Crippen molar-refractivity contribution in [3.05, 3.63) is 16.1 Å². The Balaban J connectivity index is 1.55. The van der Waals surface area contributed by atoms with Crippen LogP contribution < -0.4 is 10.6 Å². The molecule has 1 aliphatic heterocycles. The van der Waals surface area contributed by atoms with Gasteiger partial charge in [0.05, 0.1) is 16.1 Å². The average molecular weight is 293 g/mol. The molecule has 2 aliphatic rings. The van der Waals surface area contributed by atoms with E-state index >= 15 is 0 Å². The van der Waals surface area contributed by atoms with E-state index in [2.05, 4.69) is 21.0 Å². The van der Waals surface area contributed by atoms with Crippen LogP contribution in [0.1, 0.15) is 36.4 Å². The van der Waals surface area contributed by atoms with Crippen molar-refractivity contribution in [1.29, 1.82) is 0 Å². The summed E-state index contributed by atoms with van der Waals surface area (Å²) in [4.78, 5) is 17.1. The smallest absolute Gasteiger partial charge is 0.227 e. The maximum absolute atomic E-state index is 12.6. The van der Waals surface area contributed by atoms with Gasteiger partial charge in [0, 0.05) is 24.9 Å². The van der Waals surface area contributed by atoms with Gasteiger partial charge in [-0.2, -0.15) is 0 Å². The van der Waals surface area contributed by atoms with Crippen LogP contribution in [0.25, 0.3) is 0 Å². The van der Waals surface area contributed by atoms with Crippen LogP contribution in [0.3, 0.4) is 0 Å². The van der Waals surface area contributed by atoms with Gasteiger partial charge in [0.2, 0.25) is 5.91 Å². The van der Waals surface area contributed by atoms with Crippen LogP contribution >= 0.6 is 11.3 Å². The molecule has 1 aromatic heterocycles. The Labute approximate surface area is 124 Å². The monoisotopic (exact) mass is 293 g/mol. The first kappa shape index (κ1) is 14.0. The number of carbonyl (C=O) groups excluding carboxylic acids is 1. The zero-order valence-corrected chi connectivity index (χ0v) is 12.9. The average Bonchev–Trinajstić information content (AvgIpc) is 3.05. The molecule has 1 aliphatic carbocycles. The molecule has 2 atom stereocenters. The molecule has 0 unspecified atom stereocenters. The van der Waals surface area contributed by atoms with Crippen LogP contribution in [-0.2, 0) is 11.2 Å². The van der Waals surface area contributed by atoms with Crippen molar-refractivity contribution in [1.82, 2.24) is 15.6 Å². The van der Waals surface area contributed by atoms with Gasteiger partial charge in [0.25, 0.3) is 0 Å². The number of amides is 1. The normalized spacial score (nSPS) is 29.1. The van der Waals surface area contributed by atoms with Crippen molar-refractivity contribution in [2.75, 3.05) is 19.6 Å². The molecular formula is C15H23N3OS. The highest BCUT2D eigenvalue weighted by atomic mass is 32.1.